The topological polar surface area (TPSA) is 30.2 Å². The van der Waals surface area contributed by atoms with E-state index >= 15 is 0 Å². The average molecular weight is 522 g/mol. The van der Waals surface area contributed by atoms with E-state index in [0.29, 0.717) is 0 Å². The first-order valence-corrected chi connectivity index (χ1v) is 13.9. The summed E-state index contributed by atoms with van der Waals surface area (Å²) in [6.07, 6.45) is 1.88. The Morgan fingerprint density at radius 1 is 0.463 bits per heavy atom. The Kier molecular flexibility index (Phi) is 4.61. The van der Waals surface area contributed by atoms with Crippen molar-refractivity contribution in [3.8, 4) is 22.3 Å². The van der Waals surface area contributed by atoms with Crippen molar-refractivity contribution in [3.63, 3.8) is 0 Å². The number of fused-ring (bicyclic) bond motifs is 11. The number of nitrogens with zero attached hydrogens (tertiary/aromatic N) is 3. The molecule has 0 fully saturated rings. The van der Waals surface area contributed by atoms with Crippen molar-refractivity contribution in [1.29, 1.82) is 0 Å². The van der Waals surface area contributed by atoms with Crippen LogP contribution in [0.4, 0.5) is 0 Å². The molecule has 41 heavy (non-hydrogen) atoms. The Morgan fingerprint density at radius 3 is 2.10 bits per heavy atom. The van der Waals surface area contributed by atoms with E-state index in [4.69, 9.17) is 9.97 Å². The van der Waals surface area contributed by atoms with Crippen LogP contribution in [0, 0.1) is 0 Å². The van der Waals surface area contributed by atoms with Crippen molar-refractivity contribution >= 4 is 60.0 Å². The fourth-order valence-electron chi connectivity index (χ4n) is 6.41. The first kappa shape index (κ1) is 22.3. The predicted molar refractivity (Wildman–Crippen MR) is 171 cm³/mol. The molecule has 0 radical (unpaired) electrons. The van der Waals surface area contributed by atoms with Gasteiger partial charge in [-0.25, -0.2) is 4.98 Å². The first-order chi connectivity index (χ1) is 20.3. The van der Waals surface area contributed by atoms with Gasteiger partial charge in [0.05, 0.1) is 22.1 Å². The average Bonchev–Trinajstić information content (AvgIpc) is 3.44. The zero-order chi connectivity index (χ0) is 26.9. The van der Waals surface area contributed by atoms with Crippen LogP contribution in [0.1, 0.15) is 0 Å². The van der Waals surface area contributed by atoms with Crippen molar-refractivity contribution < 1.29 is 0 Å². The van der Waals surface area contributed by atoms with Gasteiger partial charge >= 0.3 is 0 Å². The van der Waals surface area contributed by atoms with Gasteiger partial charge in [-0.2, -0.15) is 0 Å². The molecule has 0 aliphatic carbocycles. The smallest absolute Gasteiger partial charge is 0.146 e. The second-order valence-electron chi connectivity index (χ2n) is 10.7. The number of rotatable bonds is 2. The van der Waals surface area contributed by atoms with Crippen LogP contribution in [0.25, 0.3) is 82.3 Å². The molecule has 9 rings (SSSR count). The van der Waals surface area contributed by atoms with Crippen molar-refractivity contribution in [1.82, 2.24) is 14.4 Å². The van der Waals surface area contributed by atoms with Crippen LogP contribution in [-0.2, 0) is 0 Å². The molecule has 3 heterocycles. The van der Waals surface area contributed by atoms with Gasteiger partial charge in [-0.15, -0.1) is 0 Å². The fraction of sp³-hybridized carbons (Fsp3) is 0. The van der Waals surface area contributed by atoms with E-state index in [9.17, 15) is 0 Å². The lowest BCUT2D eigenvalue weighted by Gasteiger charge is -2.13. The highest BCUT2D eigenvalue weighted by Gasteiger charge is 2.17. The highest BCUT2D eigenvalue weighted by Crippen LogP contribution is 2.38. The van der Waals surface area contributed by atoms with Crippen LogP contribution in [0.3, 0.4) is 0 Å². The van der Waals surface area contributed by atoms with Crippen molar-refractivity contribution in [2.75, 3.05) is 0 Å². The first-order valence-electron chi connectivity index (χ1n) is 13.9. The lowest BCUT2D eigenvalue weighted by molar-refractivity contribution is 1.31. The number of hydrogen-bond acceptors (Lipinski definition) is 2. The van der Waals surface area contributed by atoms with Gasteiger partial charge in [0.2, 0.25) is 0 Å². The quantitative estimate of drug-likeness (QED) is 0.212. The standard InChI is InChI=1S/C38H23N3/c1-2-8-26-21-29(15-14-24(26)7-1)27-9-5-10-28(22-27)30-17-18-31-35(23-30)41-34-13-4-3-12-33(34)40-38(41)32-19-16-25-11-6-20-39-37(25)36(31)32/h1-23H. The van der Waals surface area contributed by atoms with E-state index in [1.807, 2.05) is 12.3 Å². The third kappa shape index (κ3) is 3.33. The zero-order valence-electron chi connectivity index (χ0n) is 22.1. The van der Waals surface area contributed by atoms with E-state index in [1.54, 1.807) is 0 Å². The fourth-order valence-corrected chi connectivity index (χ4v) is 6.41. The SMILES string of the molecule is c1cc(-c2ccc3ccccc3c2)cc(-c2ccc3c4c(ccc5cccnc54)c4nc5ccccc5n4c3c2)c1. The maximum Gasteiger partial charge on any atom is 0.146 e. The van der Waals surface area contributed by atoms with E-state index in [0.717, 1.165) is 43.9 Å². The number of benzene rings is 6. The molecule has 0 saturated heterocycles. The van der Waals surface area contributed by atoms with Gasteiger partial charge in [0.1, 0.15) is 5.65 Å². The minimum atomic E-state index is 0.961. The van der Waals surface area contributed by atoms with Gasteiger partial charge in [0.15, 0.2) is 0 Å². The predicted octanol–water partition coefficient (Wildman–Crippen LogP) is 9.83. The van der Waals surface area contributed by atoms with Crippen LogP contribution in [0.5, 0.6) is 0 Å². The third-order valence-corrected chi connectivity index (χ3v) is 8.36. The monoisotopic (exact) mass is 521 g/mol. The summed E-state index contributed by atoms with van der Waals surface area (Å²) in [5, 5.41) is 7.09. The highest BCUT2D eigenvalue weighted by atomic mass is 15.0. The molecular weight excluding hydrogens is 498 g/mol. The van der Waals surface area contributed by atoms with Crippen LogP contribution in [-0.4, -0.2) is 14.4 Å². The molecule has 0 unspecified atom stereocenters. The Bertz CT molecular complexity index is 2490. The Balaban J connectivity index is 1.33. The molecule has 0 aliphatic rings. The van der Waals surface area contributed by atoms with E-state index < -0.39 is 0 Å². The molecule has 6 aromatic carbocycles. The molecule has 0 spiro atoms. The van der Waals surface area contributed by atoms with Crippen LogP contribution < -0.4 is 0 Å². The minimum absolute atomic E-state index is 0.961. The normalized spacial score (nSPS) is 11.9. The molecule has 0 bridgehead atoms. The summed E-state index contributed by atoms with van der Waals surface area (Å²) in [5.41, 5.74) is 9.99. The lowest BCUT2D eigenvalue weighted by Crippen LogP contribution is -1.94. The van der Waals surface area contributed by atoms with Gasteiger partial charge in [-0.1, -0.05) is 91.0 Å². The summed E-state index contributed by atoms with van der Waals surface area (Å²) in [5.74, 6) is 0. The molecule has 0 amide bonds. The highest BCUT2D eigenvalue weighted by molar-refractivity contribution is 6.23. The van der Waals surface area contributed by atoms with Gasteiger partial charge in [-0.3, -0.25) is 9.38 Å². The summed E-state index contributed by atoms with van der Waals surface area (Å²) in [6.45, 7) is 0. The number of imidazole rings is 1. The van der Waals surface area contributed by atoms with Gasteiger partial charge < -0.3 is 0 Å². The van der Waals surface area contributed by atoms with E-state index in [1.165, 1.54) is 38.4 Å². The summed E-state index contributed by atoms with van der Waals surface area (Å²) < 4.78 is 2.32. The van der Waals surface area contributed by atoms with E-state index in [2.05, 4.69) is 132 Å². The van der Waals surface area contributed by atoms with Crippen molar-refractivity contribution in [2.45, 2.75) is 0 Å². The summed E-state index contributed by atoms with van der Waals surface area (Å²) in [7, 11) is 0. The molecular formula is C38H23N3. The number of hydrogen-bond donors (Lipinski definition) is 0. The number of aromatic nitrogens is 3. The molecule has 0 atom stereocenters. The van der Waals surface area contributed by atoms with E-state index in [-0.39, 0.29) is 0 Å². The van der Waals surface area contributed by atoms with Crippen LogP contribution in [0.15, 0.2) is 140 Å². The lowest BCUT2D eigenvalue weighted by atomic mass is 9.95. The van der Waals surface area contributed by atoms with Crippen molar-refractivity contribution in [3.05, 3.63) is 140 Å². The minimum Gasteiger partial charge on any atom is -0.292 e. The maximum absolute atomic E-state index is 5.12. The summed E-state index contributed by atoms with van der Waals surface area (Å²) >= 11 is 0. The molecule has 0 saturated carbocycles. The van der Waals surface area contributed by atoms with Crippen molar-refractivity contribution in [2.24, 2.45) is 0 Å². The molecule has 3 heteroatoms. The summed E-state index contributed by atoms with van der Waals surface area (Å²) in [6, 6.07) is 47.8. The summed E-state index contributed by atoms with van der Waals surface area (Å²) in [4.78, 5) is 9.95. The Morgan fingerprint density at radius 2 is 1.17 bits per heavy atom. The van der Waals surface area contributed by atoms with Crippen LogP contribution >= 0.6 is 0 Å². The number of pyridine rings is 2. The van der Waals surface area contributed by atoms with Gasteiger partial charge in [-0.05, 0) is 75.5 Å². The molecule has 0 aliphatic heterocycles. The Hall–Kier alpha value is -5.54. The third-order valence-electron chi connectivity index (χ3n) is 8.36. The largest absolute Gasteiger partial charge is 0.292 e. The van der Waals surface area contributed by atoms with Crippen LogP contribution in [0.2, 0.25) is 0 Å². The second-order valence-corrected chi connectivity index (χ2v) is 10.7. The number of para-hydroxylation sites is 2. The molecule has 9 aromatic rings. The molecule has 190 valence electrons. The zero-order valence-corrected chi connectivity index (χ0v) is 22.1. The maximum atomic E-state index is 5.12. The molecule has 3 nitrogen and oxygen atoms in total. The molecule has 3 aromatic heterocycles. The second kappa shape index (κ2) is 8.48. The van der Waals surface area contributed by atoms with Gasteiger partial charge in [0.25, 0.3) is 0 Å². The van der Waals surface area contributed by atoms with Gasteiger partial charge in [0, 0.05) is 27.7 Å². The Labute approximate surface area is 236 Å². The molecule has 0 N–H and O–H groups in total.